The van der Waals surface area contributed by atoms with Crippen LogP contribution in [0.3, 0.4) is 0 Å². The van der Waals surface area contributed by atoms with Gasteiger partial charge in [0, 0.05) is 11.8 Å². The molecule has 4 nitrogen and oxygen atoms in total. The van der Waals surface area contributed by atoms with E-state index in [9.17, 15) is 14.7 Å². The van der Waals surface area contributed by atoms with Crippen molar-refractivity contribution in [1.29, 1.82) is 0 Å². The lowest BCUT2D eigenvalue weighted by molar-refractivity contribution is -0.147. The minimum atomic E-state index is -0.886. The number of carbonyl (C=O) groups excluding carboxylic acids is 2. The third-order valence-electron chi connectivity index (χ3n) is 6.44. The van der Waals surface area contributed by atoms with Crippen molar-refractivity contribution in [3.8, 4) is 0 Å². The predicted molar refractivity (Wildman–Crippen MR) is 96.6 cm³/mol. The number of imide groups is 1. The summed E-state index contributed by atoms with van der Waals surface area (Å²) in [6.07, 6.45) is 0. The molecule has 0 saturated carbocycles. The standard InChI is InChI=1S/C22H21NO3/c1-22(2,11-24)23-20(25)18-16-12-7-3-4-8-13(12)17(19(18)21(23)26)15-10-6-5-9-14(15)16/h3-10,16-19,24H,11H2,1-2H3/t16?,17?,18-,19+. The smallest absolute Gasteiger partial charge is 0.234 e. The van der Waals surface area contributed by atoms with Crippen molar-refractivity contribution in [1.82, 2.24) is 4.90 Å². The molecule has 3 aliphatic carbocycles. The minimum absolute atomic E-state index is 0.0895. The van der Waals surface area contributed by atoms with E-state index in [4.69, 9.17) is 0 Å². The van der Waals surface area contributed by atoms with E-state index in [1.54, 1.807) is 13.8 Å². The molecule has 0 radical (unpaired) electrons. The maximum Gasteiger partial charge on any atom is 0.234 e. The molecule has 2 aromatic rings. The van der Waals surface area contributed by atoms with Gasteiger partial charge < -0.3 is 5.11 Å². The number of hydrogen-bond donors (Lipinski definition) is 1. The molecule has 4 heteroatoms. The van der Waals surface area contributed by atoms with Gasteiger partial charge in [0.1, 0.15) is 0 Å². The lowest BCUT2D eigenvalue weighted by Crippen LogP contribution is -2.50. The molecular weight excluding hydrogens is 326 g/mol. The summed E-state index contributed by atoms with van der Waals surface area (Å²) in [5.74, 6) is -1.20. The molecule has 4 aliphatic rings. The Balaban J connectivity index is 1.76. The zero-order chi connectivity index (χ0) is 18.2. The molecule has 132 valence electrons. The van der Waals surface area contributed by atoms with Gasteiger partial charge >= 0.3 is 0 Å². The average molecular weight is 347 g/mol. The van der Waals surface area contributed by atoms with Gasteiger partial charge in [0.25, 0.3) is 0 Å². The molecule has 1 saturated heterocycles. The Morgan fingerprint density at radius 1 is 0.808 bits per heavy atom. The first-order valence-electron chi connectivity index (χ1n) is 9.14. The topological polar surface area (TPSA) is 57.6 Å². The van der Waals surface area contributed by atoms with Gasteiger partial charge in [0.15, 0.2) is 0 Å². The molecule has 0 unspecified atom stereocenters. The van der Waals surface area contributed by atoms with Crippen LogP contribution in [0.15, 0.2) is 48.5 Å². The fraction of sp³-hybridized carbons (Fsp3) is 0.364. The second-order valence-corrected chi connectivity index (χ2v) is 8.25. The van der Waals surface area contributed by atoms with Gasteiger partial charge in [0.05, 0.1) is 24.0 Å². The molecule has 2 atom stereocenters. The number of likely N-dealkylation sites (tertiary alicyclic amines) is 1. The van der Waals surface area contributed by atoms with Gasteiger partial charge in [-0.3, -0.25) is 14.5 Å². The number of aliphatic hydroxyl groups is 1. The molecule has 26 heavy (non-hydrogen) atoms. The van der Waals surface area contributed by atoms with Crippen molar-refractivity contribution < 1.29 is 14.7 Å². The Labute approximate surface area is 152 Å². The van der Waals surface area contributed by atoms with Crippen LogP contribution in [0.5, 0.6) is 0 Å². The van der Waals surface area contributed by atoms with Crippen LogP contribution < -0.4 is 0 Å². The highest BCUT2D eigenvalue weighted by molar-refractivity contribution is 6.08. The van der Waals surface area contributed by atoms with Crippen LogP contribution in [0, 0.1) is 11.8 Å². The van der Waals surface area contributed by atoms with E-state index in [0.29, 0.717) is 0 Å². The van der Waals surface area contributed by atoms with E-state index >= 15 is 0 Å². The van der Waals surface area contributed by atoms with Crippen LogP contribution in [0.25, 0.3) is 0 Å². The highest BCUT2D eigenvalue weighted by atomic mass is 16.3. The number of hydrogen-bond acceptors (Lipinski definition) is 3. The van der Waals surface area contributed by atoms with E-state index in [-0.39, 0.29) is 42.1 Å². The summed E-state index contributed by atoms with van der Waals surface area (Å²) in [5, 5.41) is 9.77. The number of benzene rings is 2. The first-order valence-corrected chi connectivity index (χ1v) is 9.14. The average Bonchev–Trinajstić information content (AvgIpc) is 2.93. The van der Waals surface area contributed by atoms with Crippen LogP contribution in [-0.4, -0.2) is 34.0 Å². The maximum absolute atomic E-state index is 13.4. The number of nitrogens with zero attached hydrogens (tertiary/aromatic N) is 1. The number of carbonyl (C=O) groups is 2. The van der Waals surface area contributed by atoms with Crippen molar-refractivity contribution in [3.63, 3.8) is 0 Å². The van der Waals surface area contributed by atoms with Crippen LogP contribution in [0.1, 0.15) is 47.9 Å². The summed E-state index contributed by atoms with van der Waals surface area (Å²) in [4.78, 5) is 28.1. The summed E-state index contributed by atoms with van der Waals surface area (Å²) in [6, 6.07) is 16.4. The minimum Gasteiger partial charge on any atom is -0.394 e. The van der Waals surface area contributed by atoms with Crippen LogP contribution >= 0.6 is 0 Å². The molecule has 1 fully saturated rings. The van der Waals surface area contributed by atoms with Crippen molar-refractivity contribution >= 4 is 11.8 Å². The molecule has 2 bridgehead atoms. The van der Waals surface area contributed by atoms with Crippen molar-refractivity contribution in [3.05, 3.63) is 70.8 Å². The second-order valence-electron chi connectivity index (χ2n) is 8.25. The first-order chi connectivity index (χ1) is 12.5. The highest BCUT2D eigenvalue weighted by Gasteiger charge is 2.63. The normalized spacial score (nSPS) is 28.8. The summed E-state index contributed by atoms with van der Waals surface area (Å²) in [7, 11) is 0. The number of amides is 2. The summed E-state index contributed by atoms with van der Waals surface area (Å²) in [5.41, 5.74) is 3.79. The highest BCUT2D eigenvalue weighted by Crippen LogP contribution is 2.61. The van der Waals surface area contributed by atoms with Gasteiger partial charge in [-0.2, -0.15) is 0 Å². The molecular formula is C22H21NO3. The van der Waals surface area contributed by atoms with Gasteiger partial charge in [-0.15, -0.1) is 0 Å². The summed E-state index contributed by atoms with van der Waals surface area (Å²) in [6.45, 7) is 3.27. The van der Waals surface area contributed by atoms with Crippen molar-refractivity contribution in [2.75, 3.05) is 6.61 Å². The third kappa shape index (κ3) is 1.73. The molecule has 1 heterocycles. The maximum atomic E-state index is 13.4. The van der Waals surface area contributed by atoms with E-state index in [0.717, 1.165) is 0 Å². The van der Waals surface area contributed by atoms with Gasteiger partial charge in [0.2, 0.25) is 11.8 Å². The van der Waals surface area contributed by atoms with Gasteiger partial charge in [-0.25, -0.2) is 0 Å². The fourth-order valence-electron chi connectivity index (χ4n) is 5.34. The quantitative estimate of drug-likeness (QED) is 0.850. The van der Waals surface area contributed by atoms with E-state index in [1.807, 2.05) is 24.3 Å². The molecule has 1 N–H and O–H groups in total. The van der Waals surface area contributed by atoms with Crippen LogP contribution in [0.4, 0.5) is 0 Å². The van der Waals surface area contributed by atoms with Gasteiger partial charge in [-0.05, 0) is 36.1 Å². The zero-order valence-electron chi connectivity index (χ0n) is 14.8. The largest absolute Gasteiger partial charge is 0.394 e. The third-order valence-corrected chi connectivity index (χ3v) is 6.44. The predicted octanol–water partition coefficient (Wildman–Crippen LogP) is 2.65. The summed E-state index contributed by atoms with van der Waals surface area (Å²) >= 11 is 0. The Kier molecular flexibility index (Phi) is 3.06. The Hall–Kier alpha value is -2.46. The van der Waals surface area contributed by atoms with Crippen LogP contribution in [0.2, 0.25) is 0 Å². The lowest BCUT2D eigenvalue weighted by atomic mass is 9.55. The second kappa shape index (κ2) is 5.04. The molecule has 0 spiro atoms. The van der Waals surface area contributed by atoms with E-state index < -0.39 is 5.54 Å². The van der Waals surface area contributed by atoms with Crippen molar-refractivity contribution in [2.45, 2.75) is 31.2 Å². The molecule has 1 aliphatic heterocycles. The molecule has 6 rings (SSSR count). The Bertz CT molecular complexity index is 832. The first kappa shape index (κ1) is 15.8. The molecule has 2 aromatic carbocycles. The Morgan fingerprint density at radius 2 is 1.15 bits per heavy atom. The van der Waals surface area contributed by atoms with Gasteiger partial charge in [-0.1, -0.05) is 48.5 Å². The number of rotatable bonds is 2. The van der Waals surface area contributed by atoms with Crippen LogP contribution in [-0.2, 0) is 9.59 Å². The summed E-state index contributed by atoms with van der Waals surface area (Å²) < 4.78 is 0. The monoisotopic (exact) mass is 347 g/mol. The lowest BCUT2D eigenvalue weighted by Gasteiger charge is -2.45. The fourth-order valence-corrected chi connectivity index (χ4v) is 5.34. The SMILES string of the molecule is CC(C)(CO)N1C(=O)[C@@H]2C3c4ccccc4C(c4ccccc43)[C@@H]2C1=O. The van der Waals surface area contributed by atoms with E-state index in [2.05, 4.69) is 24.3 Å². The number of aliphatic hydroxyl groups excluding tert-OH is 1. The zero-order valence-corrected chi connectivity index (χ0v) is 14.8. The molecule has 2 amide bonds. The Morgan fingerprint density at radius 3 is 1.46 bits per heavy atom. The van der Waals surface area contributed by atoms with Crippen molar-refractivity contribution in [2.24, 2.45) is 11.8 Å². The van der Waals surface area contributed by atoms with E-state index in [1.165, 1.54) is 27.2 Å². The molecule has 0 aromatic heterocycles.